The molecule has 1 amide bonds. The van der Waals surface area contributed by atoms with E-state index in [0.717, 1.165) is 49.5 Å². The molecule has 0 unspecified atom stereocenters. The molecule has 24 heavy (non-hydrogen) atoms. The summed E-state index contributed by atoms with van der Waals surface area (Å²) in [4.78, 5) is 19.2. The lowest BCUT2D eigenvalue weighted by atomic mass is 10.2. The number of likely N-dealkylation sites (tertiary alicyclic amines) is 1. The highest BCUT2D eigenvalue weighted by atomic mass is 16.5. The third-order valence-electron chi connectivity index (χ3n) is 4.41. The van der Waals surface area contributed by atoms with Gasteiger partial charge in [0.25, 0.3) is 0 Å². The average Bonchev–Trinajstić information content (AvgIpc) is 3.10. The molecule has 2 aromatic rings. The minimum Gasteiger partial charge on any atom is -0.497 e. The van der Waals surface area contributed by atoms with Crippen LogP contribution in [0, 0.1) is 0 Å². The molecular weight excluding hydrogens is 302 g/mol. The van der Waals surface area contributed by atoms with Crippen molar-refractivity contribution in [2.45, 2.75) is 25.3 Å². The maximum absolute atomic E-state index is 12.6. The van der Waals surface area contributed by atoms with E-state index in [-0.39, 0.29) is 11.9 Å². The standard InChI is InChI=1S/C19H23N3O2/c1-24-17-9-7-16(8-10-17)21-19(23)18-6-4-13-22(18)14-11-15-5-2-3-12-20-15/h2-3,5,7-10,12,18H,4,6,11,13-14H2,1H3,(H,21,23)/t18-/m1/s1. The molecule has 5 heteroatoms. The Balaban J connectivity index is 1.56. The van der Waals surface area contributed by atoms with Crippen molar-refractivity contribution in [3.8, 4) is 5.75 Å². The highest BCUT2D eigenvalue weighted by Crippen LogP contribution is 2.21. The number of anilines is 1. The van der Waals surface area contributed by atoms with Gasteiger partial charge in [0.05, 0.1) is 13.2 Å². The molecule has 0 bridgehead atoms. The monoisotopic (exact) mass is 325 g/mol. The van der Waals surface area contributed by atoms with E-state index >= 15 is 0 Å². The lowest BCUT2D eigenvalue weighted by Crippen LogP contribution is -2.40. The molecule has 1 fully saturated rings. The van der Waals surface area contributed by atoms with Crippen molar-refractivity contribution in [1.82, 2.24) is 9.88 Å². The molecule has 1 aromatic heterocycles. The number of hydrogen-bond donors (Lipinski definition) is 1. The minimum atomic E-state index is -0.0594. The zero-order chi connectivity index (χ0) is 16.8. The van der Waals surface area contributed by atoms with E-state index in [2.05, 4.69) is 15.2 Å². The molecule has 0 spiro atoms. The van der Waals surface area contributed by atoms with Crippen LogP contribution in [0.5, 0.6) is 5.75 Å². The number of nitrogens with one attached hydrogen (secondary N) is 1. The molecule has 1 saturated heterocycles. The Morgan fingerprint density at radius 2 is 2.12 bits per heavy atom. The van der Waals surface area contributed by atoms with E-state index in [1.165, 1.54) is 0 Å². The van der Waals surface area contributed by atoms with Gasteiger partial charge in [-0.15, -0.1) is 0 Å². The fourth-order valence-corrected chi connectivity index (χ4v) is 3.09. The lowest BCUT2D eigenvalue weighted by molar-refractivity contribution is -0.120. The molecule has 1 aliphatic rings. The van der Waals surface area contributed by atoms with Gasteiger partial charge in [-0.3, -0.25) is 14.7 Å². The predicted molar refractivity (Wildman–Crippen MR) is 94.2 cm³/mol. The predicted octanol–water partition coefficient (Wildman–Crippen LogP) is 2.74. The van der Waals surface area contributed by atoms with Crippen LogP contribution in [0.2, 0.25) is 0 Å². The van der Waals surface area contributed by atoms with E-state index in [4.69, 9.17) is 4.74 Å². The third kappa shape index (κ3) is 4.11. The minimum absolute atomic E-state index is 0.0594. The van der Waals surface area contributed by atoms with Crippen molar-refractivity contribution in [1.29, 1.82) is 0 Å². The van der Waals surface area contributed by atoms with E-state index in [9.17, 15) is 4.79 Å². The molecule has 2 heterocycles. The van der Waals surface area contributed by atoms with E-state index < -0.39 is 0 Å². The molecule has 1 aliphatic heterocycles. The molecule has 1 atom stereocenters. The van der Waals surface area contributed by atoms with E-state index in [1.807, 2.05) is 48.7 Å². The first kappa shape index (κ1) is 16.5. The van der Waals surface area contributed by atoms with Gasteiger partial charge in [-0.2, -0.15) is 0 Å². The Labute approximate surface area is 142 Å². The largest absolute Gasteiger partial charge is 0.497 e. The summed E-state index contributed by atoms with van der Waals surface area (Å²) in [5.74, 6) is 0.851. The Morgan fingerprint density at radius 3 is 2.83 bits per heavy atom. The number of amides is 1. The second kappa shape index (κ2) is 7.93. The third-order valence-corrected chi connectivity index (χ3v) is 4.41. The summed E-state index contributed by atoms with van der Waals surface area (Å²) in [5, 5.41) is 3.01. The van der Waals surface area contributed by atoms with Crippen molar-refractivity contribution < 1.29 is 9.53 Å². The normalized spacial score (nSPS) is 17.6. The Bertz CT molecular complexity index is 658. The maximum atomic E-state index is 12.6. The number of carbonyl (C=O) groups excluding carboxylic acids is 1. The van der Waals surface area contributed by atoms with Gasteiger partial charge in [0.15, 0.2) is 0 Å². The number of pyridine rings is 1. The molecule has 0 aliphatic carbocycles. The van der Waals surface area contributed by atoms with Gasteiger partial charge in [0, 0.05) is 30.5 Å². The van der Waals surface area contributed by atoms with Crippen molar-refractivity contribution in [3.63, 3.8) is 0 Å². The highest BCUT2D eigenvalue weighted by molar-refractivity contribution is 5.95. The van der Waals surface area contributed by atoms with Crippen LogP contribution in [0.25, 0.3) is 0 Å². The van der Waals surface area contributed by atoms with Gasteiger partial charge in [-0.1, -0.05) is 6.07 Å². The fourth-order valence-electron chi connectivity index (χ4n) is 3.09. The Hall–Kier alpha value is -2.40. The summed E-state index contributed by atoms with van der Waals surface area (Å²) in [6.45, 7) is 1.82. The topological polar surface area (TPSA) is 54.5 Å². The molecule has 1 aromatic carbocycles. The van der Waals surface area contributed by atoms with Crippen molar-refractivity contribution >= 4 is 11.6 Å². The summed E-state index contributed by atoms with van der Waals surface area (Å²) in [6.07, 6.45) is 4.65. The van der Waals surface area contributed by atoms with Gasteiger partial charge >= 0.3 is 0 Å². The van der Waals surface area contributed by atoms with E-state index in [0.29, 0.717) is 0 Å². The van der Waals surface area contributed by atoms with E-state index in [1.54, 1.807) is 7.11 Å². The number of ether oxygens (including phenoxy) is 1. The number of nitrogens with zero attached hydrogens (tertiary/aromatic N) is 2. The Kier molecular flexibility index (Phi) is 5.43. The highest BCUT2D eigenvalue weighted by Gasteiger charge is 2.30. The maximum Gasteiger partial charge on any atom is 0.241 e. The molecule has 3 rings (SSSR count). The molecule has 126 valence electrons. The van der Waals surface area contributed by atoms with Gasteiger partial charge < -0.3 is 10.1 Å². The van der Waals surface area contributed by atoms with Crippen molar-refractivity contribution in [2.75, 3.05) is 25.5 Å². The van der Waals surface area contributed by atoms with Crippen LogP contribution in [0.1, 0.15) is 18.5 Å². The molecule has 1 N–H and O–H groups in total. The number of carbonyl (C=O) groups is 1. The number of hydrogen-bond acceptors (Lipinski definition) is 4. The summed E-state index contributed by atoms with van der Waals surface area (Å²) < 4.78 is 5.14. The molecule has 5 nitrogen and oxygen atoms in total. The van der Waals surface area contributed by atoms with Gasteiger partial charge in [-0.25, -0.2) is 0 Å². The summed E-state index contributed by atoms with van der Waals surface area (Å²) in [7, 11) is 1.63. The van der Waals surface area contributed by atoms with Crippen LogP contribution in [-0.2, 0) is 11.2 Å². The molecule has 0 saturated carbocycles. The first-order chi connectivity index (χ1) is 11.8. The Morgan fingerprint density at radius 1 is 1.29 bits per heavy atom. The average molecular weight is 325 g/mol. The van der Waals surface area contributed by atoms with Crippen LogP contribution in [0.3, 0.4) is 0 Å². The van der Waals surface area contributed by atoms with Crippen LogP contribution in [0.15, 0.2) is 48.7 Å². The number of rotatable bonds is 6. The van der Waals surface area contributed by atoms with Crippen LogP contribution in [-0.4, -0.2) is 42.0 Å². The first-order valence-corrected chi connectivity index (χ1v) is 8.35. The smallest absolute Gasteiger partial charge is 0.241 e. The second-order valence-corrected chi connectivity index (χ2v) is 5.98. The van der Waals surface area contributed by atoms with Crippen LogP contribution < -0.4 is 10.1 Å². The van der Waals surface area contributed by atoms with Crippen LogP contribution >= 0.6 is 0 Å². The van der Waals surface area contributed by atoms with Crippen molar-refractivity contribution in [2.24, 2.45) is 0 Å². The SMILES string of the molecule is COc1ccc(NC(=O)[C@H]2CCCN2CCc2ccccn2)cc1. The first-order valence-electron chi connectivity index (χ1n) is 8.35. The van der Waals surface area contributed by atoms with Gasteiger partial charge in [0.2, 0.25) is 5.91 Å². The molecular formula is C19H23N3O2. The summed E-state index contributed by atoms with van der Waals surface area (Å²) in [5.41, 5.74) is 1.87. The zero-order valence-corrected chi connectivity index (χ0v) is 13.9. The fraction of sp³-hybridized carbons (Fsp3) is 0.368. The summed E-state index contributed by atoms with van der Waals surface area (Å²) in [6, 6.07) is 13.3. The second-order valence-electron chi connectivity index (χ2n) is 5.98. The zero-order valence-electron chi connectivity index (χ0n) is 13.9. The molecule has 0 radical (unpaired) electrons. The quantitative estimate of drug-likeness (QED) is 0.887. The van der Waals surface area contributed by atoms with Crippen molar-refractivity contribution in [3.05, 3.63) is 54.4 Å². The summed E-state index contributed by atoms with van der Waals surface area (Å²) >= 11 is 0. The van der Waals surface area contributed by atoms with Gasteiger partial charge in [0.1, 0.15) is 5.75 Å². The van der Waals surface area contributed by atoms with Crippen LogP contribution in [0.4, 0.5) is 5.69 Å². The number of methoxy groups -OCH3 is 1. The number of benzene rings is 1. The van der Waals surface area contributed by atoms with Gasteiger partial charge in [-0.05, 0) is 55.8 Å². The number of aromatic nitrogens is 1. The lowest BCUT2D eigenvalue weighted by Gasteiger charge is -2.23.